The Hall–Kier alpha value is -2.93. The monoisotopic (exact) mass is 585 g/mol. The van der Waals surface area contributed by atoms with E-state index in [2.05, 4.69) is 21.3 Å². The number of fused-ring (bicyclic) bond motifs is 1. The van der Waals surface area contributed by atoms with E-state index in [1.165, 1.54) is 6.92 Å². The van der Waals surface area contributed by atoms with E-state index in [0.29, 0.717) is 5.56 Å². The highest BCUT2D eigenvalue weighted by Gasteiger charge is 2.48. The molecular formula is C25H33Cl2N5O7. The van der Waals surface area contributed by atoms with Crippen LogP contribution in [0.2, 0.25) is 0 Å². The molecule has 1 aromatic rings. The SMILES string of the molecule is CC[C@@H]1NC(=O)C[C@@H](c2ccccc2)NC(=O)[C@H](CO)NC(=O)[C@@H]([C@H](C)O)NC(=O)[C@H]2[C@H](Cl)[C@@H](Cl)CN2C1=O. The summed E-state index contributed by atoms with van der Waals surface area (Å²) in [7, 11) is 0. The number of halogens is 2. The first-order valence-electron chi connectivity index (χ1n) is 12.6. The van der Waals surface area contributed by atoms with Crippen LogP contribution in [-0.2, 0) is 24.0 Å². The van der Waals surface area contributed by atoms with Gasteiger partial charge in [0.15, 0.2) is 0 Å². The predicted octanol–water partition coefficient (Wildman–Crippen LogP) is -1.09. The third-order valence-electron chi connectivity index (χ3n) is 6.73. The van der Waals surface area contributed by atoms with Gasteiger partial charge >= 0.3 is 0 Å². The summed E-state index contributed by atoms with van der Waals surface area (Å²) in [5, 5.41) is 28.3. The molecule has 2 saturated heterocycles. The molecule has 14 heteroatoms. The van der Waals surface area contributed by atoms with Crippen LogP contribution in [0.4, 0.5) is 0 Å². The minimum Gasteiger partial charge on any atom is -0.394 e. The molecule has 0 bridgehead atoms. The molecule has 39 heavy (non-hydrogen) atoms. The van der Waals surface area contributed by atoms with Crippen molar-refractivity contribution in [3.8, 4) is 0 Å². The Morgan fingerprint density at radius 2 is 1.62 bits per heavy atom. The quantitative estimate of drug-likeness (QED) is 0.243. The van der Waals surface area contributed by atoms with E-state index in [1.54, 1.807) is 37.3 Å². The van der Waals surface area contributed by atoms with E-state index in [9.17, 15) is 34.2 Å². The average Bonchev–Trinajstić information content (AvgIpc) is 3.21. The van der Waals surface area contributed by atoms with E-state index in [0.717, 1.165) is 4.90 Å². The maximum Gasteiger partial charge on any atom is 0.245 e. The van der Waals surface area contributed by atoms with Crippen molar-refractivity contribution >= 4 is 52.7 Å². The lowest BCUT2D eigenvalue weighted by atomic mass is 10.0. The van der Waals surface area contributed by atoms with E-state index in [1.807, 2.05) is 0 Å². The molecule has 0 spiro atoms. The number of aliphatic hydroxyl groups is 2. The number of alkyl halides is 2. The van der Waals surface area contributed by atoms with Gasteiger partial charge in [0.05, 0.1) is 35.9 Å². The van der Waals surface area contributed by atoms with Crippen LogP contribution in [0, 0.1) is 0 Å². The Kier molecular flexibility index (Phi) is 10.5. The second-order valence-corrected chi connectivity index (χ2v) is 10.6. The number of nitrogens with one attached hydrogen (secondary N) is 4. The van der Waals surface area contributed by atoms with E-state index >= 15 is 0 Å². The molecule has 214 valence electrons. The molecule has 1 aromatic carbocycles. The smallest absolute Gasteiger partial charge is 0.245 e. The highest BCUT2D eigenvalue weighted by molar-refractivity contribution is 6.32. The van der Waals surface area contributed by atoms with Crippen LogP contribution in [0.25, 0.3) is 0 Å². The van der Waals surface area contributed by atoms with Gasteiger partial charge in [0.1, 0.15) is 24.2 Å². The van der Waals surface area contributed by atoms with Crippen molar-refractivity contribution in [2.75, 3.05) is 13.2 Å². The summed E-state index contributed by atoms with van der Waals surface area (Å²) in [6, 6.07) is 2.39. The Bertz CT molecular complexity index is 1080. The molecule has 8 atom stereocenters. The molecule has 0 aromatic heterocycles. The van der Waals surface area contributed by atoms with Crippen LogP contribution in [0.5, 0.6) is 0 Å². The molecule has 0 radical (unpaired) electrons. The van der Waals surface area contributed by atoms with Crippen molar-refractivity contribution in [3.63, 3.8) is 0 Å². The molecule has 2 aliphatic rings. The van der Waals surface area contributed by atoms with Crippen molar-refractivity contribution < 1.29 is 34.2 Å². The van der Waals surface area contributed by atoms with Gasteiger partial charge in [-0.05, 0) is 18.9 Å². The normalized spacial score (nSPS) is 32.0. The molecule has 6 N–H and O–H groups in total. The van der Waals surface area contributed by atoms with Gasteiger partial charge in [0.2, 0.25) is 29.5 Å². The summed E-state index contributed by atoms with van der Waals surface area (Å²) in [4.78, 5) is 67.1. The van der Waals surface area contributed by atoms with Gasteiger partial charge in [-0.15, -0.1) is 23.2 Å². The molecule has 5 amide bonds. The van der Waals surface area contributed by atoms with E-state index < -0.39 is 83.2 Å². The number of nitrogens with zero attached hydrogens (tertiary/aromatic N) is 1. The number of benzene rings is 1. The Morgan fingerprint density at radius 3 is 2.21 bits per heavy atom. The van der Waals surface area contributed by atoms with E-state index in [4.69, 9.17) is 23.2 Å². The predicted molar refractivity (Wildman–Crippen MR) is 142 cm³/mol. The van der Waals surface area contributed by atoms with Gasteiger partial charge in [-0.2, -0.15) is 0 Å². The highest BCUT2D eigenvalue weighted by Crippen LogP contribution is 2.29. The minimum absolute atomic E-state index is 0.0835. The fourth-order valence-corrected chi connectivity index (χ4v) is 5.19. The van der Waals surface area contributed by atoms with Crippen molar-refractivity contribution in [3.05, 3.63) is 35.9 Å². The largest absolute Gasteiger partial charge is 0.394 e. The maximum atomic E-state index is 13.5. The molecule has 0 aliphatic carbocycles. The van der Waals surface area contributed by atoms with Gasteiger partial charge in [0, 0.05) is 6.54 Å². The number of rotatable bonds is 4. The third-order valence-corrected chi connectivity index (χ3v) is 7.81. The Morgan fingerprint density at radius 1 is 0.949 bits per heavy atom. The summed E-state index contributed by atoms with van der Waals surface area (Å²) >= 11 is 12.7. The van der Waals surface area contributed by atoms with Crippen LogP contribution in [0.1, 0.15) is 38.3 Å². The molecule has 0 saturated carbocycles. The first-order chi connectivity index (χ1) is 18.5. The van der Waals surface area contributed by atoms with Crippen LogP contribution >= 0.6 is 23.2 Å². The molecular weight excluding hydrogens is 553 g/mol. The maximum absolute atomic E-state index is 13.5. The second kappa shape index (κ2) is 13.4. The van der Waals surface area contributed by atoms with Crippen LogP contribution in [-0.4, -0.2) is 98.8 Å². The first kappa shape index (κ1) is 30.6. The van der Waals surface area contributed by atoms with Crippen LogP contribution in [0.15, 0.2) is 30.3 Å². The molecule has 2 aliphatic heterocycles. The molecule has 2 fully saturated rings. The number of carbonyl (C=O) groups excluding carboxylic acids is 5. The Balaban J connectivity index is 2.02. The van der Waals surface area contributed by atoms with Gasteiger partial charge in [-0.3, -0.25) is 24.0 Å². The summed E-state index contributed by atoms with van der Waals surface area (Å²) in [5.74, 6) is -3.75. The number of hydrogen-bond acceptors (Lipinski definition) is 7. The molecule has 12 nitrogen and oxygen atoms in total. The highest BCUT2D eigenvalue weighted by atomic mass is 35.5. The zero-order valence-electron chi connectivity index (χ0n) is 21.5. The van der Waals surface area contributed by atoms with Crippen molar-refractivity contribution in [1.29, 1.82) is 0 Å². The van der Waals surface area contributed by atoms with Gasteiger partial charge < -0.3 is 36.4 Å². The van der Waals surface area contributed by atoms with Crippen molar-refractivity contribution in [2.24, 2.45) is 0 Å². The van der Waals surface area contributed by atoms with Gasteiger partial charge in [-0.25, -0.2) is 0 Å². The van der Waals surface area contributed by atoms with Crippen molar-refractivity contribution in [2.45, 2.75) is 73.8 Å². The fraction of sp³-hybridized carbons (Fsp3) is 0.560. The zero-order chi connectivity index (χ0) is 28.9. The topological polar surface area (TPSA) is 177 Å². The first-order valence-corrected chi connectivity index (χ1v) is 13.5. The molecule has 3 rings (SSSR count). The number of hydrogen-bond donors (Lipinski definition) is 6. The summed E-state index contributed by atoms with van der Waals surface area (Å²) in [5.41, 5.74) is 0.577. The fourth-order valence-electron chi connectivity index (χ4n) is 4.57. The van der Waals surface area contributed by atoms with E-state index in [-0.39, 0.29) is 19.4 Å². The average molecular weight is 586 g/mol. The standard InChI is InChI=1S/C25H33Cl2N5O7/c1-3-15-25(39)32-10-14(26)19(27)21(32)24(38)31-20(12(2)34)23(37)30-17(11-33)22(36)29-16(9-18(35)28-15)13-7-5-4-6-8-13/h4-8,12,14-17,19-21,33-34H,3,9-11H2,1-2H3,(H,28,35)(H,29,36)(H,30,37)(H,31,38)/t12-,14-,15-,16-,17-,19+,20+,21+/m0/s1. The van der Waals surface area contributed by atoms with Gasteiger partial charge in [-0.1, -0.05) is 37.3 Å². The number of aliphatic hydroxyl groups excluding tert-OH is 2. The number of amides is 5. The summed E-state index contributed by atoms with van der Waals surface area (Å²) in [6.07, 6.45) is -1.49. The third kappa shape index (κ3) is 7.18. The lowest BCUT2D eigenvalue weighted by Gasteiger charge is -2.32. The van der Waals surface area contributed by atoms with Crippen molar-refractivity contribution in [1.82, 2.24) is 26.2 Å². The van der Waals surface area contributed by atoms with Gasteiger partial charge in [0.25, 0.3) is 0 Å². The lowest BCUT2D eigenvalue weighted by Crippen LogP contribution is -2.62. The number of carbonyl (C=O) groups is 5. The minimum atomic E-state index is -1.55. The zero-order valence-corrected chi connectivity index (χ0v) is 23.0. The molecule has 2 heterocycles. The second-order valence-electron chi connectivity index (χ2n) is 9.57. The Labute approximate surface area is 235 Å². The summed E-state index contributed by atoms with van der Waals surface area (Å²) in [6.45, 7) is 2.05. The molecule has 0 unspecified atom stereocenters. The summed E-state index contributed by atoms with van der Waals surface area (Å²) < 4.78 is 0. The lowest BCUT2D eigenvalue weighted by molar-refractivity contribution is -0.143. The van der Waals surface area contributed by atoms with Crippen LogP contribution in [0.3, 0.4) is 0 Å². The van der Waals surface area contributed by atoms with Crippen LogP contribution < -0.4 is 21.3 Å².